The number of carboxylic acid groups (broad SMARTS) is 1. The average Bonchev–Trinajstić information content (AvgIpc) is 2.82. The van der Waals surface area contributed by atoms with Gasteiger partial charge in [-0.3, -0.25) is 4.68 Å². The van der Waals surface area contributed by atoms with Crippen LogP contribution in [-0.4, -0.2) is 28.0 Å². The number of aromatic nitrogens is 2. The summed E-state index contributed by atoms with van der Waals surface area (Å²) in [6.45, 7) is 2.30. The van der Waals surface area contributed by atoms with Gasteiger partial charge in [0.2, 0.25) is 0 Å². The highest BCUT2D eigenvalue weighted by Gasteiger charge is 2.17. The summed E-state index contributed by atoms with van der Waals surface area (Å²) in [4.78, 5) is 11.0. The van der Waals surface area contributed by atoms with Gasteiger partial charge in [0.1, 0.15) is 11.6 Å². The minimum atomic E-state index is -1.12. The monoisotopic (exact) mass is 264 g/mol. The lowest BCUT2D eigenvalue weighted by Gasteiger charge is -2.09. The molecule has 0 amide bonds. The van der Waals surface area contributed by atoms with Gasteiger partial charge < -0.3 is 9.84 Å². The van der Waals surface area contributed by atoms with E-state index in [1.165, 1.54) is 36.1 Å². The molecule has 1 aromatic heterocycles. The Kier molecular flexibility index (Phi) is 3.50. The summed E-state index contributed by atoms with van der Waals surface area (Å²) in [6, 6.07) is 5.49. The fourth-order valence-corrected chi connectivity index (χ4v) is 1.86. The molecule has 0 fully saturated rings. The summed E-state index contributed by atoms with van der Waals surface area (Å²) in [7, 11) is 1.47. The third kappa shape index (κ3) is 2.42. The van der Waals surface area contributed by atoms with Gasteiger partial charge >= 0.3 is 5.97 Å². The zero-order valence-electron chi connectivity index (χ0n) is 10.6. The summed E-state index contributed by atoms with van der Waals surface area (Å²) in [5.74, 6) is -1.08. The summed E-state index contributed by atoms with van der Waals surface area (Å²) in [6.07, 6.45) is 0. The Morgan fingerprint density at radius 2 is 2.21 bits per heavy atom. The maximum Gasteiger partial charge on any atom is 0.356 e. The van der Waals surface area contributed by atoms with Crippen molar-refractivity contribution in [3.63, 3.8) is 0 Å². The Morgan fingerprint density at radius 1 is 1.47 bits per heavy atom. The van der Waals surface area contributed by atoms with Crippen LogP contribution in [0.5, 0.6) is 5.75 Å². The number of nitrogens with zero attached hydrogens (tertiary/aromatic N) is 2. The van der Waals surface area contributed by atoms with E-state index in [1.807, 2.05) is 6.92 Å². The molecule has 1 aromatic carbocycles. The van der Waals surface area contributed by atoms with E-state index in [2.05, 4.69) is 5.10 Å². The first-order valence-electron chi connectivity index (χ1n) is 5.72. The fourth-order valence-electron chi connectivity index (χ4n) is 1.86. The van der Waals surface area contributed by atoms with Crippen molar-refractivity contribution >= 4 is 5.97 Å². The first-order chi connectivity index (χ1) is 9.06. The zero-order chi connectivity index (χ0) is 14.0. The Morgan fingerprint density at radius 3 is 2.79 bits per heavy atom. The molecule has 6 heteroatoms. The Balaban J connectivity index is 2.63. The van der Waals surface area contributed by atoms with E-state index in [0.717, 1.165) is 0 Å². The topological polar surface area (TPSA) is 64.4 Å². The van der Waals surface area contributed by atoms with Crippen molar-refractivity contribution in [3.05, 3.63) is 35.8 Å². The van der Waals surface area contributed by atoms with Crippen LogP contribution in [-0.2, 0) is 6.54 Å². The van der Waals surface area contributed by atoms with Crippen LogP contribution >= 0.6 is 0 Å². The number of aryl methyl sites for hydroxylation is 1. The van der Waals surface area contributed by atoms with Crippen LogP contribution in [0.15, 0.2) is 24.3 Å². The minimum absolute atomic E-state index is 0.0804. The van der Waals surface area contributed by atoms with Crippen molar-refractivity contribution in [1.29, 1.82) is 0 Å². The van der Waals surface area contributed by atoms with Crippen molar-refractivity contribution < 1.29 is 19.0 Å². The van der Waals surface area contributed by atoms with Crippen LogP contribution in [0.3, 0.4) is 0 Å². The molecule has 0 bridgehead atoms. The Hall–Kier alpha value is -2.37. The van der Waals surface area contributed by atoms with E-state index in [9.17, 15) is 9.18 Å². The van der Waals surface area contributed by atoms with Gasteiger partial charge in [-0.2, -0.15) is 5.10 Å². The molecule has 0 saturated carbocycles. The summed E-state index contributed by atoms with van der Waals surface area (Å²) >= 11 is 0. The van der Waals surface area contributed by atoms with E-state index in [1.54, 1.807) is 0 Å². The molecule has 100 valence electrons. The van der Waals surface area contributed by atoms with E-state index in [-0.39, 0.29) is 5.69 Å². The molecular formula is C13H13FN2O3. The summed E-state index contributed by atoms with van der Waals surface area (Å²) in [5.41, 5.74) is 0.906. The van der Waals surface area contributed by atoms with Crippen LogP contribution in [0.1, 0.15) is 17.4 Å². The molecule has 0 aliphatic rings. The molecular weight excluding hydrogens is 251 g/mol. The second-order valence-electron chi connectivity index (χ2n) is 3.88. The maximum absolute atomic E-state index is 13.4. The second-order valence-corrected chi connectivity index (χ2v) is 3.88. The number of hydrogen-bond donors (Lipinski definition) is 1. The predicted molar refractivity (Wildman–Crippen MR) is 66.8 cm³/mol. The highest BCUT2D eigenvalue weighted by Crippen LogP contribution is 2.31. The SMILES string of the molecule is CCn1nc(C(=O)O)cc1-c1cc(F)ccc1OC. The molecule has 0 unspecified atom stereocenters. The fraction of sp³-hybridized carbons (Fsp3) is 0.231. The quantitative estimate of drug-likeness (QED) is 0.921. The molecule has 0 aliphatic heterocycles. The average molecular weight is 264 g/mol. The molecule has 1 N–H and O–H groups in total. The lowest BCUT2D eigenvalue weighted by atomic mass is 10.1. The van der Waals surface area contributed by atoms with Crippen molar-refractivity contribution in [2.24, 2.45) is 0 Å². The number of carboxylic acids is 1. The number of rotatable bonds is 4. The van der Waals surface area contributed by atoms with Gasteiger partial charge in [-0.25, -0.2) is 9.18 Å². The van der Waals surface area contributed by atoms with E-state index < -0.39 is 11.8 Å². The standard InChI is InChI=1S/C13H13FN2O3/c1-3-16-11(7-10(15-16)13(17)18)9-6-8(14)4-5-12(9)19-2/h4-7H,3H2,1-2H3,(H,17,18). The highest BCUT2D eigenvalue weighted by atomic mass is 19.1. The van der Waals surface area contributed by atoms with Crippen LogP contribution in [0, 0.1) is 5.82 Å². The number of benzene rings is 1. The Bertz CT molecular complexity index is 622. The number of hydrogen-bond acceptors (Lipinski definition) is 3. The summed E-state index contributed by atoms with van der Waals surface area (Å²) in [5, 5.41) is 12.9. The zero-order valence-corrected chi connectivity index (χ0v) is 10.6. The van der Waals surface area contributed by atoms with Crippen LogP contribution < -0.4 is 4.74 Å². The molecule has 1 heterocycles. The van der Waals surface area contributed by atoms with E-state index in [0.29, 0.717) is 23.6 Å². The molecule has 0 aliphatic carbocycles. The van der Waals surface area contributed by atoms with Crippen molar-refractivity contribution in [2.75, 3.05) is 7.11 Å². The van der Waals surface area contributed by atoms with Crippen LogP contribution in [0.4, 0.5) is 4.39 Å². The van der Waals surface area contributed by atoms with Gasteiger partial charge in [0, 0.05) is 12.1 Å². The maximum atomic E-state index is 13.4. The van der Waals surface area contributed by atoms with Crippen LogP contribution in [0.25, 0.3) is 11.3 Å². The summed E-state index contributed by atoms with van der Waals surface area (Å²) < 4.78 is 20.0. The number of carbonyl (C=O) groups is 1. The van der Waals surface area contributed by atoms with E-state index in [4.69, 9.17) is 9.84 Å². The third-order valence-corrected chi connectivity index (χ3v) is 2.74. The van der Waals surface area contributed by atoms with Gasteiger partial charge in [-0.05, 0) is 31.2 Å². The molecule has 0 saturated heterocycles. The smallest absolute Gasteiger partial charge is 0.356 e. The lowest BCUT2D eigenvalue weighted by Crippen LogP contribution is -2.03. The highest BCUT2D eigenvalue weighted by molar-refractivity contribution is 5.87. The van der Waals surface area contributed by atoms with Crippen LogP contribution in [0.2, 0.25) is 0 Å². The number of halogens is 1. The normalized spacial score (nSPS) is 10.5. The van der Waals surface area contributed by atoms with Gasteiger partial charge in [-0.1, -0.05) is 0 Å². The number of aromatic carboxylic acids is 1. The van der Waals surface area contributed by atoms with Gasteiger partial charge in [0.05, 0.1) is 12.8 Å². The molecule has 5 nitrogen and oxygen atoms in total. The van der Waals surface area contributed by atoms with Crippen molar-refractivity contribution in [2.45, 2.75) is 13.5 Å². The number of methoxy groups -OCH3 is 1. The largest absolute Gasteiger partial charge is 0.496 e. The van der Waals surface area contributed by atoms with Gasteiger partial charge in [0.15, 0.2) is 5.69 Å². The molecule has 0 spiro atoms. The molecule has 0 radical (unpaired) electrons. The van der Waals surface area contributed by atoms with E-state index >= 15 is 0 Å². The first kappa shape index (κ1) is 13.1. The predicted octanol–water partition coefficient (Wildman–Crippen LogP) is 2.42. The van der Waals surface area contributed by atoms with Gasteiger partial charge in [-0.15, -0.1) is 0 Å². The lowest BCUT2D eigenvalue weighted by molar-refractivity contribution is 0.0689. The molecule has 0 atom stereocenters. The third-order valence-electron chi connectivity index (χ3n) is 2.74. The number of ether oxygens (including phenoxy) is 1. The first-order valence-corrected chi connectivity index (χ1v) is 5.72. The van der Waals surface area contributed by atoms with Crippen molar-refractivity contribution in [1.82, 2.24) is 9.78 Å². The van der Waals surface area contributed by atoms with Gasteiger partial charge in [0.25, 0.3) is 0 Å². The Labute approximate surface area is 109 Å². The molecule has 2 aromatic rings. The minimum Gasteiger partial charge on any atom is -0.496 e. The van der Waals surface area contributed by atoms with Crippen molar-refractivity contribution in [3.8, 4) is 17.0 Å². The molecule has 19 heavy (non-hydrogen) atoms. The molecule has 2 rings (SSSR count). The second kappa shape index (κ2) is 5.09.